The molecule has 0 rings (SSSR count). The van der Waals surface area contributed by atoms with E-state index in [9.17, 15) is 0 Å². The van der Waals surface area contributed by atoms with Crippen molar-refractivity contribution >= 4 is 0 Å². The second-order valence-electron chi connectivity index (χ2n) is 2.80. The van der Waals surface area contributed by atoms with Crippen LogP contribution < -0.4 is 0 Å². The lowest BCUT2D eigenvalue weighted by molar-refractivity contribution is 0.553. The normalized spacial score (nSPS) is 10.1. The fourth-order valence-electron chi connectivity index (χ4n) is 1.16. The number of hydrogen-bond acceptors (Lipinski definition) is 1. The zero-order valence-electron chi connectivity index (χ0n) is 15.3. The lowest BCUT2D eigenvalue weighted by atomic mass is 10.2. The van der Waals surface area contributed by atoms with Gasteiger partial charge in [-0.3, -0.25) is 0 Å². The van der Waals surface area contributed by atoms with Gasteiger partial charge >= 0.3 is 0 Å². The number of allylic oxidation sites excluding steroid dienone is 6. The van der Waals surface area contributed by atoms with Crippen molar-refractivity contribution < 1.29 is 0 Å². The molecular weight excluding hydrogens is 242 g/mol. The molecule has 0 unspecified atom stereocenters. The van der Waals surface area contributed by atoms with E-state index in [1.54, 1.807) is 6.08 Å². The molecule has 0 saturated carbocycles. The summed E-state index contributed by atoms with van der Waals surface area (Å²) in [7, 11) is 2.01. The fraction of sp³-hybridized carbons (Fsp3) is 0.474. The minimum Gasteiger partial charge on any atom is -0.345 e. The van der Waals surface area contributed by atoms with Crippen LogP contribution in [0.5, 0.6) is 0 Å². The summed E-state index contributed by atoms with van der Waals surface area (Å²) < 4.78 is 0. The Hall–Kier alpha value is -1.50. The maximum atomic E-state index is 3.77. The van der Waals surface area contributed by atoms with E-state index in [0.717, 1.165) is 11.4 Å². The van der Waals surface area contributed by atoms with E-state index in [0.29, 0.717) is 0 Å². The van der Waals surface area contributed by atoms with Crippen LogP contribution in [0.2, 0.25) is 0 Å². The molecule has 0 spiro atoms. The van der Waals surface area contributed by atoms with Gasteiger partial charge < -0.3 is 4.90 Å². The Balaban J connectivity index is -0.000000187. The molecule has 0 aromatic carbocycles. The van der Waals surface area contributed by atoms with Gasteiger partial charge in [0.2, 0.25) is 0 Å². The van der Waals surface area contributed by atoms with E-state index >= 15 is 0 Å². The van der Waals surface area contributed by atoms with Crippen LogP contribution in [0.1, 0.15) is 55.4 Å². The predicted octanol–water partition coefficient (Wildman–Crippen LogP) is 6.73. The summed E-state index contributed by atoms with van der Waals surface area (Å²) in [6.07, 6.45) is 11.6. The summed E-state index contributed by atoms with van der Waals surface area (Å²) in [6, 6.07) is 0. The Labute approximate surface area is 129 Å². The Morgan fingerprint density at radius 2 is 1.30 bits per heavy atom. The van der Waals surface area contributed by atoms with Gasteiger partial charge in [0, 0.05) is 18.4 Å². The molecule has 1 nitrogen and oxygen atoms in total. The van der Waals surface area contributed by atoms with Crippen molar-refractivity contribution in [2.24, 2.45) is 0 Å². The zero-order chi connectivity index (χ0) is 17.0. The average molecular weight is 280 g/mol. The van der Waals surface area contributed by atoms with Gasteiger partial charge in [0.15, 0.2) is 0 Å². The molecule has 0 saturated heterocycles. The van der Waals surface area contributed by atoms with Gasteiger partial charge in [-0.15, -0.1) is 0 Å². The van der Waals surface area contributed by atoms with E-state index in [4.69, 9.17) is 0 Å². The molecule has 0 bridgehead atoms. The van der Waals surface area contributed by atoms with E-state index in [-0.39, 0.29) is 0 Å². The number of nitrogens with zero attached hydrogens (tertiary/aromatic N) is 1. The molecular formula is C19H37N. The molecule has 0 aliphatic rings. The van der Waals surface area contributed by atoms with Gasteiger partial charge in [-0.05, 0) is 32.1 Å². The molecule has 20 heavy (non-hydrogen) atoms. The highest BCUT2D eigenvalue weighted by atomic mass is 15.1. The summed E-state index contributed by atoms with van der Waals surface area (Å²) in [5.74, 6) is 0. The first-order valence-electron chi connectivity index (χ1n) is 7.69. The van der Waals surface area contributed by atoms with Gasteiger partial charge in [0.05, 0.1) is 0 Å². The third kappa shape index (κ3) is 14.6. The molecule has 0 aliphatic heterocycles. The van der Waals surface area contributed by atoms with Gasteiger partial charge in [0.25, 0.3) is 0 Å². The summed E-state index contributed by atoms with van der Waals surface area (Å²) in [5.41, 5.74) is 2.17. The van der Waals surface area contributed by atoms with E-state index in [2.05, 4.69) is 30.2 Å². The van der Waals surface area contributed by atoms with Crippen LogP contribution in [0.15, 0.2) is 61.0 Å². The van der Waals surface area contributed by atoms with Crippen LogP contribution in [0.4, 0.5) is 0 Å². The molecule has 0 aromatic rings. The maximum absolute atomic E-state index is 3.77. The van der Waals surface area contributed by atoms with Crippen molar-refractivity contribution in [3.8, 4) is 0 Å². The van der Waals surface area contributed by atoms with Gasteiger partial charge in [-0.1, -0.05) is 72.9 Å². The molecule has 0 heterocycles. The minimum absolute atomic E-state index is 1.03. The van der Waals surface area contributed by atoms with Gasteiger partial charge in [-0.25, -0.2) is 0 Å². The highest BCUT2D eigenvalue weighted by Gasteiger charge is 2.01. The van der Waals surface area contributed by atoms with E-state index < -0.39 is 0 Å². The predicted molar refractivity (Wildman–Crippen MR) is 98.9 cm³/mol. The SMILES string of the molecule is C=C/C=C(\C=C)N(C)C(/C=C\C)=C/C.CC.CC.CC. The summed E-state index contributed by atoms with van der Waals surface area (Å²) >= 11 is 0. The molecule has 1 heteroatoms. The van der Waals surface area contributed by atoms with Crippen LogP contribution >= 0.6 is 0 Å². The second-order valence-corrected chi connectivity index (χ2v) is 2.80. The number of likely N-dealkylation sites (N-methyl/N-ethyl adjacent to an activating group) is 1. The molecule has 0 amide bonds. The summed E-state index contributed by atoms with van der Waals surface area (Å²) in [4.78, 5) is 2.06. The smallest absolute Gasteiger partial charge is 0.0401 e. The van der Waals surface area contributed by atoms with Crippen LogP contribution in [-0.2, 0) is 0 Å². The van der Waals surface area contributed by atoms with Crippen molar-refractivity contribution in [2.45, 2.75) is 55.4 Å². The van der Waals surface area contributed by atoms with Crippen molar-refractivity contribution in [1.82, 2.24) is 4.90 Å². The molecule has 0 atom stereocenters. The van der Waals surface area contributed by atoms with E-state index in [1.165, 1.54) is 0 Å². The van der Waals surface area contributed by atoms with Crippen LogP contribution in [0.25, 0.3) is 0 Å². The third-order valence-electron chi connectivity index (χ3n) is 1.91. The minimum atomic E-state index is 1.03. The van der Waals surface area contributed by atoms with Crippen molar-refractivity contribution in [2.75, 3.05) is 7.05 Å². The molecule has 0 aliphatic carbocycles. The summed E-state index contributed by atoms with van der Waals surface area (Å²) in [6.45, 7) is 23.5. The van der Waals surface area contributed by atoms with Crippen molar-refractivity contribution in [3.05, 3.63) is 61.0 Å². The first-order valence-corrected chi connectivity index (χ1v) is 7.69. The van der Waals surface area contributed by atoms with Crippen LogP contribution in [-0.4, -0.2) is 11.9 Å². The maximum Gasteiger partial charge on any atom is 0.0401 e. The lowest BCUT2D eigenvalue weighted by Gasteiger charge is -2.21. The molecule has 0 N–H and O–H groups in total. The summed E-state index contributed by atoms with van der Waals surface area (Å²) in [5, 5.41) is 0. The highest BCUT2D eigenvalue weighted by molar-refractivity contribution is 5.28. The van der Waals surface area contributed by atoms with Crippen molar-refractivity contribution in [3.63, 3.8) is 0 Å². The monoisotopic (exact) mass is 279 g/mol. The Morgan fingerprint density at radius 3 is 1.55 bits per heavy atom. The molecule has 118 valence electrons. The zero-order valence-corrected chi connectivity index (χ0v) is 15.3. The first kappa shape index (κ1) is 26.9. The molecule has 0 radical (unpaired) electrons. The standard InChI is InChI=1S/C13H19N.3C2H6/c1-6-10-12(8-3)14(5)13(9-4)11-7-2;3*1-2/h6-11H,1,3H2,2,4-5H3;3*1-2H3/b11-7-,12-10+,13-9+;;;. The molecule has 0 aromatic heterocycles. The highest BCUT2D eigenvalue weighted by Crippen LogP contribution is 2.12. The van der Waals surface area contributed by atoms with Crippen molar-refractivity contribution in [1.29, 1.82) is 0 Å². The number of rotatable bonds is 5. The topological polar surface area (TPSA) is 3.24 Å². The van der Waals surface area contributed by atoms with Crippen LogP contribution in [0, 0.1) is 0 Å². The van der Waals surface area contributed by atoms with Crippen LogP contribution in [0.3, 0.4) is 0 Å². The van der Waals surface area contributed by atoms with E-state index in [1.807, 2.05) is 80.7 Å². The number of hydrogen-bond donors (Lipinski definition) is 0. The average Bonchev–Trinajstić information content (AvgIpc) is 2.55. The van der Waals surface area contributed by atoms with Gasteiger partial charge in [0.1, 0.15) is 0 Å². The van der Waals surface area contributed by atoms with Gasteiger partial charge in [-0.2, -0.15) is 0 Å². The fourth-order valence-corrected chi connectivity index (χ4v) is 1.16. The third-order valence-corrected chi connectivity index (χ3v) is 1.91. The lowest BCUT2D eigenvalue weighted by Crippen LogP contribution is -2.14. The molecule has 0 fully saturated rings. The quantitative estimate of drug-likeness (QED) is 0.504. The Kier molecular flexibility index (Phi) is 35.2. The Bertz CT molecular complexity index is 280. The largest absolute Gasteiger partial charge is 0.345 e. The first-order chi connectivity index (χ1) is 9.71. The Morgan fingerprint density at radius 1 is 0.850 bits per heavy atom. The second kappa shape index (κ2) is 26.1.